The number of aromatic nitrogens is 2. The maximum atomic E-state index is 12.3. The third-order valence-corrected chi connectivity index (χ3v) is 4.02. The Labute approximate surface area is 139 Å². The van der Waals surface area contributed by atoms with Crippen LogP contribution in [0.5, 0.6) is 5.88 Å². The summed E-state index contributed by atoms with van der Waals surface area (Å²) in [7, 11) is 3.27. The Morgan fingerprint density at radius 1 is 1.21 bits per heavy atom. The number of hydrogen-bond donors (Lipinski definition) is 1. The first-order valence-corrected chi connectivity index (χ1v) is 7.62. The van der Waals surface area contributed by atoms with Crippen molar-refractivity contribution in [2.45, 2.75) is 12.5 Å². The van der Waals surface area contributed by atoms with E-state index in [-0.39, 0.29) is 11.8 Å². The molecular weight excluding hydrogens is 308 g/mol. The minimum absolute atomic E-state index is 0.0477. The highest BCUT2D eigenvalue weighted by molar-refractivity contribution is 5.98. The number of nitrogens with zero attached hydrogens (tertiary/aromatic N) is 3. The summed E-state index contributed by atoms with van der Waals surface area (Å²) in [4.78, 5) is 25.7. The van der Waals surface area contributed by atoms with Crippen molar-refractivity contribution in [1.82, 2.24) is 20.4 Å². The van der Waals surface area contributed by atoms with Crippen LogP contribution in [0.15, 0.2) is 36.4 Å². The molecule has 2 amide bonds. The van der Waals surface area contributed by atoms with Gasteiger partial charge in [-0.2, -0.15) is 0 Å². The van der Waals surface area contributed by atoms with Crippen molar-refractivity contribution in [3.8, 4) is 17.1 Å². The molecule has 1 atom stereocenters. The van der Waals surface area contributed by atoms with E-state index in [9.17, 15) is 9.59 Å². The second kappa shape index (κ2) is 6.66. The second-order valence-electron chi connectivity index (χ2n) is 5.61. The van der Waals surface area contributed by atoms with Gasteiger partial charge < -0.3 is 15.0 Å². The molecule has 0 spiro atoms. The molecular formula is C17H18N4O3. The van der Waals surface area contributed by atoms with Crippen molar-refractivity contribution in [2.24, 2.45) is 0 Å². The fourth-order valence-electron chi connectivity index (χ4n) is 2.57. The van der Waals surface area contributed by atoms with Crippen molar-refractivity contribution in [2.75, 3.05) is 20.7 Å². The van der Waals surface area contributed by atoms with Gasteiger partial charge in [0, 0.05) is 30.8 Å². The smallest absolute Gasteiger partial charge is 0.251 e. The van der Waals surface area contributed by atoms with E-state index in [1.54, 1.807) is 48.3 Å². The Morgan fingerprint density at radius 3 is 2.50 bits per heavy atom. The van der Waals surface area contributed by atoms with Crippen molar-refractivity contribution < 1.29 is 14.3 Å². The summed E-state index contributed by atoms with van der Waals surface area (Å²) >= 11 is 0. The van der Waals surface area contributed by atoms with Crippen LogP contribution in [0, 0.1) is 0 Å². The summed E-state index contributed by atoms with van der Waals surface area (Å²) in [5.41, 5.74) is 2.04. The molecule has 2 aromatic rings. The van der Waals surface area contributed by atoms with Gasteiger partial charge in [0.2, 0.25) is 11.8 Å². The van der Waals surface area contributed by atoms with E-state index in [1.807, 2.05) is 0 Å². The van der Waals surface area contributed by atoms with Crippen LogP contribution in [0.3, 0.4) is 0 Å². The van der Waals surface area contributed by atoms with Gasteiger partial charge in [-0.25, -0.2) is 0 Å². The van der Waals surface area contributed by atoms with Crippen LogP contribution >= 0.6 is 0 Å². The maximum Gasteiger partial charge on any atom is 0.251 e. The van der Waals surface area contributed by atoms with Gasteiger partial charge in [-0.1, -0.05) is 12.1 Å². The van der Waals surface area contributed by atoms with Crippen LogP contribution in [0.25, 0.3) is 11.3 Å². The molecule has 1 aromatic heterocycles. The van der Waals surface area contributed by atoms with Crippen LogP contribution in [0.4, 0.5) is 0 Å². The fourth-order valence-corrected chi connectivity index (χ4v) is 2.57. The number of methoxy groups -OCH3 is 1. The Bertz CT molecular complexity index is 743. The molecule has 1 saturated heterocycles. The molecule has 1 aliphatic rings. The quantitative estimate of drug-likeness (QED) is 0.910. The molecule has 0 unspecified atom stereocenters. The minimum atomic E-state index is -0.436. The van der Waals surface area contributed by atoms with Gasteiger partial charge in [0.1, 0.15) is 6.04 Å². The number of hydrogen-bond acceptors (Lipinski definition) is 5. The van der Waals surface area contributed by atoms with E-state index in [0.29, 0.717) is 30.1 Å². The number of nitrogens with one attached hydrogen (secondary N) is 1. The average Bonchev–Trinajstić information content (AvgIpc) is 2.94. The lowest BCUT2D eigenvalue weighted by atomic mass is 10.1. The molecule has 7 nitrogen and oxygen atoms in total. The Morgan fingerprint density at radius 2 is 1.96 bits per heavy atom. The van der Waals surface area contributed by atoms with E-state index >= 15 is 0 Å². The second-order valence-corrected chi connectivity index (χ2v) is 5.61. The molecule has 7 heteroatoms. The Kier molecular flexibility index (Phi) is 4.41. The zero-order valence-electron chi connectivity index (χ0n) is 13.5. The highest BCUT2D eigenvalue weighted by Gasteiger charge is 2.30. The number of amides is 2. The molecule has 0 radical (unpaired) electrons. The van der Waals surface area contributed by atoms with E-state index < -0.39 is 6.04 Å². The summed E-state index contributed by atoms with van der Waals surface area (Å²) in [5.74, 6) is 0.144. The molecule has 24 heavy (non-hydrogen) atoms. The highest BCUT2D eigenvalue weighted by atomic mass is 16.5. The molecule has 1 N–H and O–H groups in total. The molecule has 0 aliphatic carbocycles. The molecule has 1 aromatic carbocycles. The lowest BCUT2D eigenvalue weighted by molar-refractivity contribution is -0.128. The van der Waals surface area contributed by atoms with E-state index in [1.165, 1.54) is 7.11 Å². The third-order valence-electron chi connectivity index (χ3n) is 4.02. The van der Waals surface area contributed by atoms with Gasteiger partial charge in [0.25, 0.3) is 5.91 Å². The normalized spacial score (nSPS) is 17.0. The first-order chi connectivity index (χ1) is 11.6. The summed E-state index contributed by atoms with van der Waals surface area (Å²) in [5, 5.41) is 10.8. The summed E-state index contributed by atoms with van der Waals surface area (Å²) in [6.45, 7) is 0.666. The number of ether oxygens (including phenoxy) is 1. The standard InChI is InChI=1S/C17H18N4O3/c1-21-10-9-14(17(21)23)18-16(22)12-5-3-11(4-6-12)13-7-8-15(24-2)20-19-13/h3-8,14H,9-10H2,1-2H3,(H,18,22)/t14-/m1/s1. The monoisotopic (exact) mass is 326 g/mol. The van der Waals surface area contributed by atoms with Crippen LogP contribution in [-0.2, 0) is 4.79 Å². The molecule has 3 rings (SSSR count). The maximum absolute atomic E-state index is 12.3. The summed E-state index contributed by atoms with van der Waals surface area (Å²) in [6, 6.07) is 10.1. The number of benzene rings is 1. The molecule has 124 valence electrons. The number of likely N-dealkylation sites (N-methyl/N-ethyl adjacent to an activating group) is 1. The van der Waals surface area contributed by atoms with E-state index in [0.717, 1.165) is 5.56 Å². The van der Waals surface area contributed by atoms with Gasteiger partial charge in [-0.3, -0.25) is 9.59 Å². The van der Waals surface area contributed by atoms with Crippen LogP contribution in [0.1, 0.15) is 16.8 Å². The van der Waals surface area contributed by atoms with Gasteiger partial charge in [0.15, 0.2) is 0 Å². The van der Waals surface area contributed by atoms with E-state index in [4.69, 9.17) is 4.74 Å². The largest absolute Gasteiger partial charge is 0.480 e. The lowest BCUT2D eigenvalue weighted by Gasteiger charge is -2.12. The molecule has 0 saturated carbocycles. The number of carbonyl (C=O) groups is 2. The van der Waals surface area contributed by atoms with Crippen molar-refractivity contribution >= 4 is 11.8 Å². The first-order valence-electron chi connectivity index (χ1n) is 7.62. The van der Waals surface area contributed by atoms with Gasteiger partial charge in [0.05, 0.1) is 12.8 Å². The lowest BCUT2D eigenvalue weighted by Crippen LogP contribution is -2.40. The summed E-state index contributed by atoms with van der Waals surface area (Å²) < 4.78 is 4.98. The number of carbonyl (C=O) groups excluding carboxylic acids is 2. The van der Waals surface area contributed by atoms with Crippen molar-refractivity contribution in [1.29, 1.82) is 0 Å². The predicted molar refractivity (Wildman–Crippen MR) is 87.5 cm³/mol. The minimum Gasteiger partial charge on any atom is -0.480 e. The first kappa shape index (κ1) is 15.9. The number of likely N-dealkylation sites (tertiary alicyclic amines) is 1. The Hall–Kier alpha value is -2.96. The molecule has 2 heterocycles. The fraction of sp³-hybridized carbons (Fsp3) is 0.294. The van der Waals surface area contributed by atoms with E-state index in [2.05, 4.69) is 15.5 Å². The predicted octanol–water partition coefficient (Wildman–Crippen LogP) is 1.11. The van der Waals surface area contributed by atoms with Gasteiger partial charge in [-0.05, 0) is 24.6 Å². The Balaban J connectivity index is 1.69. The zero-order valence-corrected chi connectivity index (χ0v) is 13.5. The zero-order chi connectivity index (χ0) is 17.1. The van der Waals surface area contributed by atoms with Crippen LogP contribution < -0.4 is 10.1 Å². The van der Waals surface area contributed by atoms with Crippen molar-refractivity contribution in [3.63, 3.8) is 0 Å². The SMILES string of the molecule is COc1ccc(-c2ccc(C(=O)N[C@@H]3CCN(C)C3=O)cc2)nn1. The molecule has 0 bridgehead atoms. The van der Waals surface area contributed by atoms with Gasteiger partial charge >= 0.3 is 0 Å². The highest BCUT2D eigenvalue weighted by Crippen LogP contribution is 2.18. The topological polar surface area (TPSA) is 84.4 Å². The van der Waals surface area contributed by atoms with Crippen LogP contribution in [0.2, 0.25) is 0 Å². The molecule has 1 aliphatic heterocycles. The molecule has 1 fully saturated rings. The average molecular weight is 326 g/mol. The van der Waals surface area contributed by atoms with Crippen molar-refractivity contribution in [3.05, 3.63) is 42.0 Å². The van der Waals surface area contributed by atoms with Gasteiger partial charge in [-0.15, -0.1) is 10.2 Å². The number of rotatable bonds is 4. The third kappa shape index (κ3) is 3.19. The van der Waals surface area contributed by atoms with Crippen LogP contribution in [-0.4, -0.2) is 53.7 Å². The summed E-state index contributed by atoms with van der Waals surface area (Å²) in [6.07, 6.45) is 0.639.